The molecule has 2 aliphatic carbocycles. The molecular formula is C18H28N4O4. The molecule has 2 saturated carbocycles. The molecule has 0 radical (unpaired) electrons. The fraction of sp³-hybridized carbons (Fsp3) is 0.778. The third-order valence-corrected chi connectivity index (χ3v) is 5.71. The zero-order valence-corrected chi connectivity index (χ0v) is 15.1. The number of carbonyl (C=O) groups excluding carboxylic acids is 4. The van der Waals surface area contributed by atoms with Gasteiger partial charge in [-0.1, -0.05) is 38.5 Å². The summed E-state index contributed by atoms with van der Waals surface area (Å²) in [7, 11) is 0. The van der Waals surface area contributed by atoms with Gasteiger partial charge in [-0.25, -0.2) is 4.79 Å². The first-order valence-electron chi connectivity index (χ1n) is 9.72. The molecule has 8 heteroatoms. The van der Waals surface area contributed by atoms with E-state index in [2.05, 4.69) is 21.3 Å². The minimum Gasteiger partial charge on any atom is -0.351 e. The molecular weight excluding hydrogens is 336 g/mol. The van der Waals surface area contributed by atoms with E-state index in [1.165, 1.54) is 6.42 Å². The first kappa shape index (κ1) is 18.7. The van der Waals surface area contributed by atoms with Crippen molar-refractivity contribution in [2.75, 3.05) is 0 Å². The van der Waals surface area contributed by atoms with Crippen molar-refractivity contribution in [1.82, 2.24) is 21.3 Å². The number of nitrogens with one attached hydrogen (secondary N) is 4. The first-order valence-corrected chi connectivity index (χ1v) is 9.72. The fourth-order valence-electron chi connectivity index (χ4n) is 4.24. The molecule has 0 aromatic heterocycles. The highest BCUT2D eigenvalue weighted by Crippen LogP contribution is 2.29. The summed E-state index contributed by atoms with van der Waals surface area (Å²) in [6.07, 6.45) is 9.34. The third kappa shape index (κ3) is 4.34. The molecule has 144 valence electrons. The molecule has 1 aliphatic heterocycles. The molecule has 0 unspecified atom stereocenters. The molecule has 5 amide bonds. The first-order chi connectivity index (χ1) is 12.5. The standard InChI is InChI=1S/C18H28N4O4/c23-14(11-13-15(24)21-17(26)20-13)22-18(9-5-2-6-10-18)16(25)19-12-7-3-1-4-8-12/h12-13H,1-11H2,(H,19,25)(H,22,23)(H2,20,21,24,26)/t13-/m1/s1. The summed E-state index contributed by atoms with van der Waals surface area (Å²) in [5.74, 6) is -0.986. The highest BCUT2D eigenvalue weighted by molar-refractivity contribution is 6.06. The van der Waals surface area contributed by atoms with Crippen molar-refractivity contribution in [3.8, 4) is 0 Å². The van der Waals surface area contributed by atoms with Crippen LogP contribution in [0, 0.1) is 0 Å². The average molecular weight is 364 g/mol. The van der Waals surface area contributed by atoms with Crippen LogP contribution >= 0.6 is 0 Å². The van der Waals surface area contributed by atoms with E-state index in [1.54, 1.807) is 0 Å². The Morgan fingerprint density at radius 1 is 1.00 bits per heavy atom. The van der Waals surface area contributed by atoms with Gasteiger partial charge in [0.2, 0.25) is 11.8 Å². The summed E-state index contributed by atoms with van der Waals surface area (Å²) < 4.78 is 0. The van der Waals surface area contributed by atoms with Crippen LogP contribution in [0.1, 0.15) is 70.6 Å². The van der Waals surface area contributed by atoms with E-state index >= 15 is 0 Å². The van der Waals surface area contributed by atoms with Crippen LogP contribution in [0.5, 0.6) is 0 Å². The molecule has 4 N–H and O–H groups in total. The van der Waals surface area contributed by atoms with Crippen LogP contribution in [-0.4, -0.2) is 41.4 Å². The number of carbonyl (C=O) groups is 4. The largest absolute Gasteiger partial charge is 0.351 e. The summed E-state index contributed by atoms with van der Waals surface area (Å²) in [4.78, 5) is 48.3. The van der Waals surface area contributed by atoms with E-state index in [0.29, 0.717) is 12.8 Å². The summed E-state index contributed by atoms with van der Waals surface area (Å²) in [6, 6.07) is -1.27. The predicted molar refractivity (Wildman–Crippen MR) is 94.1 cm³/mol. The van der Waals surface area contributed by atoms with E-state index in [1.807, 2.05) is 0 Å². The van der Waals surface area contributed by atoms with Gasteiger partial charge < -0.3 is 16.0 Å². The van der Waals surface area contributed by atoms with Crippen molar-refractivity contribution in [1.29, 1.82) is 0 Å². The lowest BCUT2D eigenvalue weighted by molar-refractivity contribution is -0.136. The number of hydrogen-bond acceptors (Lipinski definition) is 4. The second kappa shape index (κ2) is 8.05. The quantitative estimate of drug-likeness (QED) is 0.541. The zero-order valence-electron chi connectivity index (χ0n) is 15.1. The summed E-state index contributed by atoms with van der Waals surface area (Å²) >= 11 is 0. The number of hydrogen-bond donors (Lipinski definition) is 4. The van der Waals surface area contributed by atoms with Gasteiger partial charge in [0.15, 0.2) is 0 Å². The molecule has 0 bridgehead atoms. The Bertz CT molecular complexity index is 580. The van der Waals surface area contributed by atoms with Crippen molar-refractivity contribution in [2.45, 2.75) is 88.3 Å². The van der Waals surface area contributed by atoms with Gasteiger partial charge in [-0.3, -0.25) is 19.7 Å². The van der Waals surface area contributed by atoms with Gasteiger partial charge in [-0.05, 0) is 25.7 Å². The Hall–Kier alpha value is -2.12. The van der Waals surface area contributed by atoms with Gasteiger partial charge in [-0.2, -0.15) is 0 Å². The minimum absolute atomic E-state index is 0.0997. The van der Waals surface area contributed by atoms with Gasteiger partial charge in [0.25, 0.3) is 5.91 Å². The lowest BCUT2D eigenvalue weighted by atomic mass is 9.80. The summed E-state index contributed by atoms with van der Waals surface area (Å²) in [6.45, 7) is 0. The zero-order chi connectivity index (χ0) is 18.6. The fourth-order valence-corrected chi connectivity index (χ4v) is 4.24. The molecule has 3 fully saturated rings. The van der Waals surface area contributed by atoms with Crippen LogP contribution in [-0.2, 0) is 14.4 Å². The normalized spacial score (nSPS) is 25.9. The van der Waals surface area contributed by atoms with E-state index < -0.39 is 23.5 Å². The lowest BCUT2D eigenvalue weighted by Gasteiger charge is -2.38. The third-order valence-electron chi connectivity index (χ3n) is 5.71. The molecule has 3 rings (SSSR count). The number of urea groups is 1. The van der Waals surface area contributed by atoms with E-state index in [-0.39, 0.29) is 24.3 Å². The summed E-state index contributed by atoms with van der Waals surface area (Å²) in [5, 5.41) is 10.6. The molecule has 26 heavy (non-hydrogen) atoms. The highest BCUT2D eigenvalue weighted by Gasteiger charge is 2.42. The SMILES string of the molecule is O=C(C[C@H]1NC(=O)NC1=O)NC1(C(=O)NC2CCCCC2)CCCCC1. The van der Waals surface area contributed by atoms with Crippen LogP contribution in [0.15, 0.2) is 0 Å². The van der Waals surface area contributed by atoms with Crippen molar-refractivity contribution in [2.24, 2.45) is 0 Å². The Morgan fingerprint density at radius 3 is 2.27 bits per heavy atom. The Labute approximate surface area is 153 Å². The molecule has 1 heterocycles. The van der Waals surface area contributed by atoms with Crippen LogP contribution < -0.4 is 21.3 Å². The number of rotatable bonds is 5. The van der Waals surface area contributed by atoms with E-state index in [4.69, 9.17) is 0 Å². The predicted octanol–water partition coefficient (Wildman–Crippen LogP) is 0.852. The average Bonchev–Trinajstić information content (AvgIpc) is 2.93. The molecule has 8 nitrogen and oxygen atoms in total. The van der Waals surface area contributed by atoms with Crippen molar-refractivity contribution in [3.05, 3.63) is 0 Å². The number of amides is 5. The Balaban J connectivity index is 1.62. The van der Waals surface area contributed by atoms with Gasteiger partial charge in [0.05, 0.1) is 6.42 Å². The lowest BCUT2D eigenvalue weighted by Crippen LogP contribution is -2.61. The maximum absolute atomic E-state index is 13.0. The molecule has 0 spiro atoms. The summed E-state index contributed by atoms with van der Waals surface area (Å²) in [5.41, 5.74) is -0.897. The Morgan fingerprint density at radius 2 is 1.65 bits per heavy atom. The monoisotopic (exact) mass is 364 g/mol. The number of imide groups is 1. The van der Waals surface area contributed by atoms with Crippen LogP contribution in [0.3, 0.4) is 0 Å². The van der Waals surface area contributed by atoms with Crippen LogP contribution in [0.25, 0.3) is 0 Å². The van der Waals surface area contributed by atoms with Crippen molar-refractivity contribution in [3.63, 3.8) is 0 Å². The molecule has 1 saturated heterocycles. The maximum atomic E-state index is 13.0. The molecule has 0 aromatic carbocycles. The second-order valence-corrected chi connectivity index (χ2v) is 7.72. The van der Waals surface area contributed by atoms with Crippen molar-refractivity contribution >= 4 is 23.8 Å². The van der Waals surface area contributed by atoms with Gasteiger partial charge in [0, 0.05) is 6.04 Å². The molecule has 3 aliphatic rings. The molecule has 1 atom stereocenters. The van der Waals surface area contributed by atoms with Gasteiger partial charge in [0.1, 0.15) is 11.6 Å². The van der Waals surface area contributed by atoms with Crippen LogP contribution in [0.2, 0.25) is 0 Å². The van der Waals surface area contributed by atoms with E-state index in [0.717, 1.165) is 44.9 Å². The molecule has 0 aromatic rings. The van der Waals surface area contributed by atoms with Gasteiger partial charge in [-0.15, -0.1) is 0 Å². The van der Waals surface area contributed by atoms with Crippen LogP contribution in [0.4, 0.5) is 4.79 Å². The topological polar surface area (TPSA) is 116 Å². The van der Waals surface area contributed by atoms with Gasteiger partial charge >= 0.3 is 6.03 Å². The second-order valence-electron chi connectivity index (χ2n) is 7.72. The van der Waals surface area contributed by atoms with Crippen molar-refractivity contribution < 1.29 is 19.2 Å². The Kier molecular flexibility index (Phi) is 5.78. The highest BCUT2D eigenvalue weighted by atomic mass is 16.2. The maximum Gasteiger partial charge on any atom is 0.322 e. The van der Waals surface area contributed by atoms with E-state index in [9.17, 15) is 19.2 Å². The minimum atomic E-state index is -0.897. The smallest absolute Gasteiger partial charge is 0.322 e.